The smallest absolute Gasteiger partial charge is 0.0210 e. The van der Waals surface area contributed by atoms with Crippen molar-refractivity contribution in [1.82, 2.24) is 4.90 Å². The van der Waals surface area contributed by atoms with Crippen molar-refractivity contribution >= 4 is 0 Å². The van der Waals surface area contributed by atoms with E-state index in [-0.39, 0.29) is 0 Å². The molecule has 0 aromatic heterocycles. The third-order valence-corrected chi connectivity index (χ3v) is 6.16. The van der Waals surface area contributed by atoms with Gasteiger partial charge in [-0.3, -0.25) is 4.90 Å². The first-order valence-corrected chi connectivity index (χ1v) is 9.76. The average molecular weight is 295 g/mol. The molecule has 3 aliphatic rings. The van der Waals surface area contributed by atoms with Gasteiger partial charge in [0.1, 0.15) is 0 Å². The van der Waals surface area contributed by atoms with Gasteiger partial charge in [0, 0.05) is 18.6 Å². The fourth-order valence-electron chi connectivity index (χ4n) is 4.70. The number of rotatable bonds is 11. The summed E-state index contributed by atoms with van der Waals surface area (Å²) < 4.78 is 0. The van der Waals surface area contributed by atoms with Gasteiger partial charge in [0.15, 0.2) is 0 Å². The van der Waals surface area contributed by atoms with Crippen molar-refractivity contribution in [3.8, 4) is 0 Å². The van der Waals surface area contributed by atoms with Crippen LogP contribution in [0, 0.1) is 5.92 Å². The number of nitrogens with zero attached hydrogens (tertiary/aromatic N) is 1. The third-order valence-electron chi connectivity index (χ3n) is 6.16. The van der Waals surface area contributed by atoms with Gasteiger partial charge in [-0.05, 0) is 57.4 Å². The Morgan fingerprint density at radius 2 is 1.43 bits per heavy atom. The van der Waals surface area contributed by atoms with Crippen LogP contribution in [-0.2, 0) is 0 Å². The lowest BCUT2D eigenvalue weighted by molar-refractivity contribution is -0.0107. The van der Waals surface area contributed by atoms with Crippen LogP contribution in [0.2, 0.25) is 0 Å². The maximum Gasteiger partial charge on any atom is 0.0210 e. The van der Waals surface area contributed by atoms with Crippen molar-refractivity contribution in [2.24, 2.45) is 11.7 Å². The summed E-state index contributed by atoms with van der Waals surface area (Å²) in [6.07, 6.45) is 18.7. The number of unbranched alkanes of at least 4 members (excludes halogenated alkanes) is 6. The Balaban J connectivity index is 1.69. The minimum Gasteiger partial charge on any atom is -0.329 e. The van der Waals surface area contributed by atoms with E-state index in [4.69, 9.17) is 5.73 Å². The third kappa shape index (κ3) is 4.96. The van der Waals surface area contributed by atoms with E-state index in [1.165, 1.54) is 90.0 Å². The lowest BCUT2D eigenvalue weighted by Crippen LogP contribution is -2.55. The summed E-state index contributed by atoms with van der Waals surface area (Å²) >= 11 is 0. The zero-order valence-electron chi connectivity index (χ0n) is 14.4. The molecule has 0 atom stereocenters. The number of fused-ring (bicyclic) bond motifs is 3. The van der Waals surface area contributed by atoms with Gasteiger partial charge < -0.3 is 5.73 Å². The van der Waals surface area contributed by atoms with Crippen LogP contribution in [0.5, 0.6) is 0 Å². The zero-order chi connectivity index (χ0) is 15.0. The first-order valence-electron chi connectivity index (χ1n) is 9.76. The standard InChI is InChI=1S/C19H38N2/c1-2-3-4-5-6-7-8-16-21(17-15-20)19-12-9-18(10-13-19)11-14-19/h18H,2-17,20H2,1H3. The summed E-state index contributed by atoms with van der Waals surface area (Å²) in [6, 6.07) is 0. The molecular weight excluding hydrogens is 256 g/mol. The van der Waals surface area contributed by atoms with Gasteiger partial charge in [0.05, 0.1) is 0 Å². The molecule has 0 unspecified atom stereocenters. The van der Waals surface area contributed by atoms with Gasteiger partial charge in [-0.2, -0.15) is 0 Å². The van der Waals surface area contributed by atoms with Crippen LogP contribution in [0.25, 0.3) is 0 Å². The number of hydrogen-bond acceptors (Lipinski definition) is 2. The molecule has 0 aromatic rings. The predicted octanol–water partition coefficient (Wildman–Crippen LogP) is 4.72. The maximum atomic E-state index is 5.91. The van der Waals surface area contributed by atoms with E-state index in [0.29, 0.717) is 5.54 Å². The summed E-state index contributed by atoms with van der Waals surface area (Å²) in [4.78, 5) is 2.80. The molecule has 21 heavy (non-hydrogen) atoms. The molecule has 3 saturated carbocycles. The van der Waals surface area contributed by atoms with Crippen LogP contribution in [0.1, 0.15) is 90.4 Å². The quantitative estimate of drug-likeness (QED) is 0.559. The molecule has 0 aromatic carbocycles. The lowest BCUT2D eigenvalue weighted by Gasteiger charge is -2.53. The van der Waals surface area contributed by atoms with Gasteiger partial charge in [0.2, 0.25) is 0 Å². The normalized spacial score (nSPS) is 28.4. The Kier molecular flexibility index (Phi) is 7.53. The van der Waals surface area contributed by atoms with Crippen LogP contribution in [0.3, 0.4) is 0 Å². The molecule has 2 bridgehead atoms. The van der Waals surface area contributed by atoms with Crippen LogP contribution in [-0.4, -0.2) is 30.1 Å². The van der Waals surface area contributed by atoms with Crippen molar-refractivity contribution in [3.05, 3.63) is 0 Å². The summed E-state index contributed by atoms with van der Waals surface area (Å²) in [6.45, 7) is 5.56. The molecule has 3 fully saturated rings. The molecule has 0 aliphatic heterocycles. The Hall–Kier alpha value is -0.0800. The fourth-order valence-corrected chi connectivity index (χ4v) is 4.70. The lowest BCUT2D eigenvalue weighted by atomic mass is 9.65. The van der Waals surface area contributed by atoms with Crippen molar-refractivity contribution in [2.45, 2.75) is 95.9 Å². The van der Waals surface area contributed by atoms with Gasteiger partial charge in [0.25, 0.3) is 0 Å². The van der Waals surface area contributed by atoms with Gasteiger partial charge in [-0.25, -0.2) is 0 Å². The second-order valence-corrected chi connectivity index (χ2v) is 7.60. The van der Waals surface area contributed by atoms with E-state index in [1.54, 1.807) is 0 Å². The summed E-state index contributed by atoms with van der Waals surface area (Å²) in [5.74, 6) is 1.06. The maximum absolute atomic E-state index is 5.91. The van der Waals surface area contributed by atoms with Gasteiger partial charge in [-0.1, -0.05) is 45.4 Å². The second-order valence-electron chi connectivity index (χ2n) is 7.60. The Morgan fingerprint density at radius 1 is 0.857 bits per heavy atom. The fraction of sp³-hybridized carbons (Fsp3) is 1.00. The van der Waals surface area contributed by atoms with E-state index in [0.717, 1.165) is 19.0 Å². The molecule has 2 nitrogen and oxygen atoms in total. The zero-order valence-corrected chi connectivity index (χ0v) is 14.4. The first kappa shape index (κ1) is 17.3. The Morgan fingerprint density at radius 3 is 2.00 bits per heavy atom. The molecule has 124 valence electrons. The second kappa shape index (κ2) is 9.15. The summed E-state index contributed by atoms with van der Waals surface area (Å²) in [5.41, 5.74) is 6.46. The minimum absolute atomic E-state index is 0.552. The topological polar surface area (TPSA) is 29.3 Å². The molecule has 0 amide bonds. The van der Waals surface area contributed by atoms with Gasteiger partial charge >= 0.3 is 0 Å². The first-order chi connectivity index (χ1) is 10.3. The molecule has 2 heteroatoms. The largest absolute Gasteiger partial charge is 0.329 e. The molecule has 0 spiro atoms. The Labute approximate surface area is 132 Å². The van der Waals surface area contributed by atoms with E-state index >= 15 is 0 Å². The number of nitrogens with two attached hydrogens (primary N) is 1. The van der Waals surface area contributed by atoms with Crippen LogP contribution >= 0.6 is 0 Å². The van der Waals surface area contributed by atoms with E-state index in [1.807, 2.05) is 0 Å². The van der Waals surface area contributed by atoms with Crippen LogP contribution < -0.4 is 5.73 Å². The molecule has 0 radical (unpaired) electrons. The highest BCUT2D eigenvalue weighted by molar-refractivity contribution is 4.99. The molecule has 0 heterocycles. The molecule has 3 rings (SSSR count). The van der Waals surface area contributed by atoms with E-state index < -0.39 is 0 Å². The summed E-state index contributed by atoms with van der Waals surface area (Å²) in [5, 5.41) is 0. The molecule has 0 saturated heterocycles. The van der Waals surface area contributed by atoms with Crippen molar-refractivity contribution < 1.29 is 0 Å². The van der Waals surface area contributed by atoms with Crippen molar-refractivity contribution in [1.29, 1.82) is 0 Å². The SMILES string of the molecule is CCCCCCCCCN(CCN)C12CCC(CC1)CC2. The van der Waals surface area contributed by atoms with Gasteiger partial charge in [-0.15, -0.1) is 0 Å². The molecular formula is C19H38N2. The summed E-state index contributed by atoms with van der Waals surface area (Å²) in [7, 11) is 0. The van der Waals surface area contributed by atoms with Crippen LogP contribution in [0.4, 0.5) is 0 Å². The minimum atomic E-state index is 0.552. The van der Waals surface area contributed by atoms with Crippen LogP contribution in [0.15, 0.2) is 0 Å². The molecule has 2 N–H and O–H groups in total. The average Bonchev–Trinajstić information content (AvgIpc) is 2.54. The highest BCUT2D eigenvalue weighted by Crippen LogP contribution is 2.47. The molecule has 3 aliphatic carbocycles. The highest BCUT2D eigenvalue weighted by atomic mass is 15.2. The monoisotopic (exact) mass is 294 g/mol. The van der Waals surface area contributed by atoms with E-state index in [2.05, 4.69) is 11.8 Å². The Bertz CT molecular complexity index is 255. The highest BCUT2D eigenvalue weighted by Gasteiger charge is 2.43. The van der Waals surface area contributed by atoms with Crippen molar-refractivity contribution in [2.75, 3.05) is 19.6 Å². The van der Waals surface area contributed by atoms with Crippen molar-refractivity contribution in [3.63, 3.8) is 0 Å². The van der Waals surface area contributed by atoms with E-state index in [9.17, 15) is 0 Å². The number of hydrogen-bond donors (Lipinski definition) is 1. The predicted molar refractivity (Wildman–Crippen MR) is 92.5 cm³/mol.